The molecule has 0 bridgehead atoms. The molecule has 15 heavy (non-hydrogen) atoms. The van der Waals surface area contributed by atoms with Crippen LogP contribution in [0.5, 0.6) is 0 Å². The fourth-order valence-electron chi connectivity index (χ4n) is 1.33. The van der Waals surface area contributed by atoms with E-state index in [9.17, 15) is 0 Å². The molecular formula is C12H19NO2. The third-order valence-electron chi connectivity index (χ3n) is 2.23. The maximum absolute atomic E-state index is 8.88. The number of aliphatic hydroxyl groups excluding tert-OH is 1. The zero-order valence-corrected chi connectivity index (χ0v) is 9.36. The van der Waals surface area contributed by atoms with Crippen LogP contribution in [0.1, 0.15) is 18.1 Å². The van der Waals surface area contributed by atoms with E-state index in [1.54, 1.807) is 0 Å². The van der Waals surface area contributed by atoms with E-state index in [0.29, 0.717) is 6.61 Å². The van der Waals surface area contributed by atoms with Gasteiger partial charge in [-0.25, -0.2) is 0 Å². The second-order valence-corrected chi connectivity index (χ2v) is 3.65. The number of rotatable bonds is 6. The van der Waals surface area contributed by atoms with E-state index in [4.69, 9.17) is 9.84 Å². The molecule has 0 aliphatic carbocycles. The molecule has 1 atom stereocenters. The minimum atomic E-state index is 0.0945. The zero-order chi connectivity index (χ0) is 11.1. The molecule has 3 heteroatoms. The van der Waals surface area contributed by atoms with Crippen LogP contribution in [0.15, 0.2) is 24.3 Å². The summed E-state index contributed by atoms with van der Waals surface area (Å²) in [6.45, 7) is 3.61. The van der Waals surface area contributed by atoms with Gasteiger partial charge in [0, 0.05) is 6.54 Å². The molecular weight excluding hydrogens is 190 g/mol. The van der Waals surface area contributed by atoms with Crippen molar-refractivity contribution in [1.29, 1.82) is 0 Å². The first-order chi connectivity index (χ1) is 7.26. The number of ether oxygens (including phenoxy) is 1. The van der Waals surface area contributed by atoms with E-state index in [-0.39, 0.29) is 12.7 Å². The van der Waals surface area contributed by atoms with Gasteiger partial charge < -0.3 is 15.2 Å². The summed E-state index contributed by atoms with van der Waals surface area (Å²) in [4.78, 5) is 0. The molecule has 2 N–H and O–H groups in total. The second kappa shape index (κ2) is 6.56. The molecule has 0 radical (unpaired) electrons. The normalized spacial score (nSPS) is 12.7. The Hall–Kier alpha value is -0.900. The van der Waals surface area contributed by atoms with Gasteiger partial charge in [0.2, 0.25) is 0 Å². The maximum Gasteiger partial charge on any atom is 0.0721 e. The highest BCUT2D eigenvalue weighted by Crippen LogP contribution is 2.06. The summed E-state index contributed by atoms with van der Waals surface area (Å²) in [5.74, 6) is 0. The molecule has 0 aliphatic heterocycles. The molecule has 1 rings (SSSR count). The Bertz CT molecular complexity index is 271. The lowest BCUT2D eigenvalue weighted by Gasteiger charge is -2.12. The molecule has 84 valence electrons. The first kappa shape index (κ1) is 12.2. The highest BCUT2D eigenvalue weighted by atomic mass is 16.5. The third-order valence-corrected chi connectivity index (χ3v) is 2.23. The standard InChI is InChI=1S/C12H19NO2/c1-10(7-13-2)15-9-12-5-3-11(8-14)4-6-12/h3-6,10,13-14H,7-9H2,1-2H3. The molecule has 0 aromatic heterocycles. The molecule has 1 unspecified atom stereocenters. The van der Waals surface area contributed by atoms with Crippen LogP contribution in [0.2, 0.25) is 0 Å². The van der Waals surface area contributed by atoms with E-state index < -0.39 is 0 Å². The Balaban J connectivity index is 2.37. The van der Waals surface area contributed by atoms with Gasteiger partial charge in [-0.2, -0.15) is 0 Å². The van der Waals surface area contributed by atoms with Crippen LogP contribution < -0.4 is 5.32 Å². The van der Waals surface area contributed by atoms with Crippen molar-refractivity contribution in [2.45, 2.75) is 26.2 Å². The van der Waals surface area contributed by atoms with Gasteiger partial charge in [-0.05, 0) is 25.1 Å². The van der Waals surface area contributed by atoms with Crippen molar-refractivity contribution in [3.05, 3.63) is 35.4 Å². The Kier molecular flexibility index (Phi) is 5.32. The van der Waals surface area contributed by atoms with E-state index in [1.165, 1.54) is 0 Å². The quantitative estimate of drug-likeness (QED) is 0.742. The van der Waals surface area contributed by atoms with Gasteiger partial charge in [-0.1, -0.05) is 24.3 Å². The van der Waals surface area contributed by atoms with E-state index in [2.05, 4.69) is 5.32 Å². The summed E-state index contributed by atoms with van der Waals surface area (Å²) in [6, 6.07) is 7.80. The Labute approximate surface area is 91.1 Å². The number of nitrogens with one attached hydrogen (secondary N) is 1. The monoisotopic (exact) mass is 209 g/mol. The van der Waals surface area contributed by atoms with Crippen molar-refractivity contribution in [3.8, 4) is 0 Å². The van der Waals surface area contributed by atoms with Crippen molar-refractivity contribution in [2.75, 3.05) is 13.6 Å². The van der Waals surface area contributed by atoms with Crippen LogP contribution >= 0.6 is 0 Å². The predicted molar refractivity (Wildman–Crippen MR) is 60.5 cm³/mol. The lowest BCUT2D eigenvalue weighted by molar-refractivity contribution is 0.0545. The summed E-state index contributed by atoms with van der Waals surface area (Å²) in [5.41, 5.74) is 2.07. The van der Waals surface area contributed by atoms with Gasteiger partial charge in [0.1, 0.15) is 0 Å². The average Bonchev–Trinajstić information content (AvgIpc) is 2.27. The number of hydrogen-bond acceptors (Lipinski definition) is 3. The predicted octanol–water partition coefficient (Wildman–Crippen LogP) is 1.30. The molecule has 0 fully saturated rings. The Morgan fingerprint density at radius 3 is 2.40 bits per heavy atom. The lowest BCUT2D eigenvalue weighted by atomic mass is 10.1. The molecule has 0 amide bonds. The second-order valence-electron chi connectivity index (χ2n) is 3.65. The molecule has 0 saturated carbocycles. The average molecular weight is 209 g/mol. The zero-order valence-electron chi connectivity index (χ0n) is 9.36. The van der Waals surface area contributed by atoms with Crippen LogP contribution in [0.3, 0.4) is 0 Å². The Morgan fingerprint density at radius 2 is 1.87 bits per heavy atom. The van der Waals surface area contributed by atoms with E-state index >= 15 is 0 Å². The van der Waals surface area contributed by atoms with E-state index in [1.807, 2.05) is 38.2 Å². The Morgan fingerprint density at radius 1 is 1.27 bits per heavy atom. The van der Waals surface area contributed by atoms with Crippen LogP contribution in [0.4, 0.5) is 0 Å². The van der Waals surface area contributed by atoms with Crippen molar-refractivity contribution in [1.82, 2.24) is 5.32 Å². The first-order valence-electron chi connectivity index (χ1n) is 5.21. The lowest BCUT2D eigenvalue weighted by Crippen LogP contribution is -2.23. The molecule has 0 heterocycles. The minimum Gasteiger partial charge on any atom is -0.392 e. The highest BCUT2D eigenvalue weighted by Gasteiger charge is 2.00. The third kappa shape index (κ3) is 4.42. The SMILES string of the molecule is CNCC(C)OCc1ccc(CO)cc1. The largest absolute Gasteiger partial charge is 0.392 e. The van der Waals surface area contributed by atoms with Gasteiger partial charge in [0.05, 0.1) is 19.3 Å². The molecule has 1 aromatic rings. The van der Waals surface area contributed by atoms with Crippen molar-refractivity contribution in [3.63, 3.8) is 0 Å². The van der Waals surface area contributed by atoms with Crippen LogP contribution in [-0.2, 0) is 18.0 Å². The summed E-state index contributed by atoms with van der Waals surface area (Å²) in [5, 5.41) is 11.9. The minimum absolute atomic E-state index is 0.0945. The number of hydrogen-bond donors (Lipinski definition) is 2. The van der Waals surface area contributed by atoms with Gasteiger partial charge in [0.25, 0.3) is 0 Å². The first-order valence-corrected chi connectivity index (χ1v) is 5.21. The molecule has 0 aliphatic rings. The number of likely N-dealkylation sites (N-methyl/N-ethyl adjacent to an activating group) is 1. The molecule has 0 spiro atoms. The fourth-order valence-corrected chi connectivity index (χ4v) is 1.33. The maximum atomic E-state index is 8.88. The van der Waals surface area contributed by atoms with Gasteiger partial charge in [-0.15, -0.1) is 0 Å². The summed E-state index contributed by atoms with van der Waals surface area (Å²) in [7, 11) is 1.91. The summed E-state index contributed by atoms with van der Waals surface area (Å²) >= 11 is 0. The smallest absolute Gasteiger partial charge is 0.0721 e. The van der Waals surface area contributed by atoms with Crippen molar-refractivity contribution < 1.29 is 9.84 Å². The van der Waals surface area contributed by atoms with Gasteiger partial charge >= 0.3 is 0 Å². The van der Waals surface area contributed by atoms with Gasteiger partial charge in [0.15, 0.2) is 0 Å². The topological polar surface area (TPSA) is 41.5 Å². The van der Waals surface area contributed by atoms with Crippen LogP contribution in [-0.4, -0.2) is 24.8 Å². The van der Waals surface area contributed by atoms with Crippen LogP contribution in [0, 0.1) is 0 Å². The molecule has 3 nitrogen and oxygen atoms in total. The molecule has 0 saturated heterocycles. The number of benzene rings is 1. The summed E-state index contributed by atoms with van der Waals surface area (Å²) in [6.07, 6.45) is 0.215. The van der Waals surface area contributed by atoms with Crippen molar-refractivity contribution in [2.24, 2.45) is 0 Å². The summed E-state index contributed by atoms with van der Waals surface area (Å²) < 4.78 is 5.62. The van der Waals surface area contributed by atoms with E-state index in [0.717, 1.165) is 17.7 Å². The van der Waals surface area contributed by atoms with Crippen LogP contribution in [0.25, 0.3) is 0 Å². The fraction of sp³-hybridized carbons (Fsp3) is 0.500. The van der Waals surface area contributed by atoms with Crippen molar-refractivity contribution >= 4 is 0 Å². The number of aliphatic hydroxyl groups is 1. The molecule has 1 aromatic carbocycles. The highest BCUT2D eigenvalue weighted by molar-refractivity contribution is 5.21. The van der Waals surface area contributed by atoms with Gasteiger partial charge in [-0.3, -0.25) is 0 Å².